The molecule has 1 aromatic carbocycles. The Balaban J connectivity index is 2.27. The number of allylic oxidation sites excluding steroid dienone is 2. The smallest absolute Gasteiger partial charge is 0.448 e. The van der Waals surface area contributed by atoms with Gasteiger partial charge < -0.3 is 30.2 Å². The number of benzene rings is 1. The van der Waals surface area contributed by atoms with Crippen molar-refractivity contribution in [2.24, 2.45) is 10.7 Å². The van der Waals surface area contributed by atoms with Crippen molar-refractivity contribution >= 4 is 13.5 Å². The first-order chi connectivity index (χ1) is 11.5. The number of aliphatic hydroxyl groups is 3. The standard InChI is InChI=1S/C16H20NO7P/c1-10(11-2-4-12(18)5-3-11)9-16(20,21)14-7-6-13(19)8-15(14)17-25(22,23)24/h2-8,10,14,18-21H,9H2,1H3,(H2,22,23,24)/b17-15+. The van der Waals surface area contributed by atoms with Gasteiger partial charge in [0.2, 0.25) is 0 Å². The van der Waals surface area contributed by atoms with Gasteiger partial charge in [0, 0.05) is 12.5 Å². The molecule has 0 bridgehead atoms. The highest BCUT2D eigenvalue weighted by molar-refractivity contribution is 7.50. The summed E-state index contributed by atoms with van der Waals surface area (Å²) in [6.07, 6.45) is 3.25. The van der Waals surface area contributed by atoms with Crippen LogP contribution in [0.1, 0.15) is 24.8 Å². The number of phenolic OH excluding ortho intramolecular Hbond substituents is 1. The molecule has 9 heteroatoms. The first-order valence-electron chi connectivity index (χ1n) is 7.46. The molecule has 0 saturated carbocycles. The molecule has 2 rings (SSSR count). The highest BCUT2D eigenvalue weighted by atomic mass is 31.2. The molecule has 0 heterocycles. The number of aliphatic hydroxyl groups excluding tert-OH is 1. The predicted octanol–water partition coefficient (Wildman–Crippen LogP) is 1.73. The molecular weight excluding hydrogens is 349 g/mol. The average molecular weight is 369 g/mol. The molecule has 0 fully saturated rings. The molecule has 25 heavy (non-hydrogen) atoms. The van der Waals surface area contributed by atoms with Gasteiger partial charge in [0.05, 0.1) is 11.6 Å². The number of aromatic hydroxyl groups is 1. The Morgan fingerprint density at radius 2 is 1.80 bits per heavy atom. The van der Waals surface area contributed by atoms with E-state index in [1.807, 2.05) is 0 Å². The molecule has 0 aromatic heterocycles. The summed E-state index contributed by atoms with van der Waals surface area (Å²) < 4.78 is 14.3. The van der Waals surface area contributed by atoms with Crippen LogP contribution < -0.4 is 0 Å². The molecule has 6 N–H and O–H groups in total. The molecule has 2 atom stereocenters. The van der Waals surface area contributed by atoms with Crippen LogP contribution in [-0.4, -0.2) is 41.7 Å². The highest BCUT2D eigenvalue weighted by Gasteiger charge is 2.39. The summed E-state index contributed by atoms with van der Waals surface area (Å²) in [5, 5.41) is 39.8. The molecule has 0 aliphatic heterocycles. The minimum atomic E-state index is -4.82. The number of hydrogen-bond donors (Lipinski definition) is 6. The average Bonchev–Trinajstić information content (AvgIpc) is 2.45. The van der Waals surface area contributed by atoms with Crippen molar-refractivity contribution < 1.29 is 34.8 Å². The van der Waals surface area contributed by atoms with Crippen LogP contribution in [0.5, 0.6) is 5.75 Å². The van der Waals surface area contributed by atoms with Gasteiger partial charge in [0.25, 0.3) is 0 Å². The molecule has 8 nitrogen and oxygen atoms in total. The second-order valence-corrected chi connectivity index (χ2v) is 7.25. The zero-order valence-electron chi connectivity index (χ0n) is 13.4. The van der Waals surface area contributed by atoms with Crippen molar-refractivity contribution in [1.82, 2.24) is 0 Å². The molecule has 0 saturated heterocycles. The molecule has 1 aliphatic rings. The number of hydrogen-bond acceptors (Lipinski definition) is 5. The van der Waals surface area contributed by atoms with Gasteiger partial charge in [-0.15, -0.1) is 0 Å². The van der Waals surface area contributed by atoms with E-state index < -0.39 is 19.5 Å². The molecule has 136 valence electrons. The Morgan fingerprint density at radius 1 is 1.20 bits per heavy atom. The van der Waals surface area contributed by atoms with Gasteiger partial charge in [0.15, 0.2) is 5.79 Å². The van der Waals surface area contributed by atoms with Crippen molar-refractivity contribution in [3.05, 3.63) is 53.8 Å². The highest BCUT2D eigenvalue weighted by Crippen LogP contribution is 2.40. The van der Waals surface area contributed by atoms with Crippen LogP contribution in [0, 0.1) is 5.92 Å². The summed E-state index contributed by atoms with van der Waals surface area (Å²) in [5.74, 6) is -4.14. The van der Waals surface area contributed by atoms with Crippen LogP contribution in [0.4, 0.5) is 0 Å². The fourth-order valence-electron chi connectivity index (χ4n) is 2.71. The monoisotopic (exact) mass is 369 g/mol. The lowest BCUT2D eigenvalue weighted by Crippen LogP contribution is -2.42. The van der Waals surface area contributed by atoms with Crippen LogP contribution in [0.15, 0.2) is 53.0 Å². The summed E-state index contributed by atoms with van der Waals surface area (Å²) in [5.41, 5.74) is 0.424. The summed E-state index contributed by atoms with van der Waals surface area (Å²) in [6.45, 7) is 1.74. The van der Waals surface area contributed by atoms with Gasteiger partial charge in [-0.3, -0.25) is 0 Å². The first-order valence-corrected chi connectivity index (χ1v) is 9.02. The second kappa shape index (κ2) is 7.11. The minimum absolute atomic E-state index is 0.0853. The Morgan fingerprint density at radius 3 is 2.36 bits per heavy atom. The van der Waals surface area contributed by atoms with Gasteiger partial charge in [-0.25, -0.2) is 4.57 Å². The van der Waals surface area contributed by atoms with Crippen LogP contribution in [0.2, 0.25) is 0 Å². The quantitative estimate of drug-likeness (QED) is 0.342. The maximum atomic E-state index is 11.1. The molecule has 2 unspecified atom stereocenters. The van der Waals surface area contributed by atoms with Gasteiger partial charge in [-0.2, -0.15) is 4.76 Å². The zero-order valence-corrected chi connectivity index (χ0v) is 14.3. The first kappa shape index (κ1) is 19.4. The third kappa shape index (κ3) is 5.26. The van der Waals surface area contributed by atoms with E-state index in [1.54, 1.807) is 19.1 Å². The molecule has 1 aromatic rings. The van der Waals surface area contributed by atoms with E-state index in [0.29, 0.717) is 0 Å². The van der Waals surface area contributed by atoms with Crippen molar-refractivity contribution in [3.8, 4) is 5.75 Å². The maximum Gasteiger partial charge on any atom is 0.448 e. The van der Waals surface area contributed by atoms with Crippen molar-refractivity contribution in [1.29, 1.82) is 0 Å². The molecule has 1 aliphatic carbocycles. The number of nitrogens with zero attached hydrogens (tertiary/aromatic N) is 1. The Kier molecular flexibility index (Phi) is 5.51. The second-order valence-electron chi connectivity index (χ2n) is 6.02. The largest absolute Gasteiger partial charge is 0.508 e. The third-order valence-electron chi connectivity index (χ3n) is 3.89. The van der Waals surface area contributed by atoms with E-state index in [-0.39, 0.29) is 29.6 Å². The van der Waals surface area contributed by atoms with E-state index in [1.165, 1.54) is 24.3 Å². The molecule has 0 radical (unpaired) electrons. The van der Waals surface area contributed by atoms with E-state index in [9.17, 15) is 25.0 Å². The van der Waals surface area contributed by atoms with E-state index in [2.05, 4.69) is 4.76 Å². The van der Waals surface area contributed by atoms with E-state index in [0.717, 1.165) is 11.6 Å². The summed E-state index contributed by atoms with van der Waals surface area (Å²) in [4.78, 5) is 18.1. The van der Waals surface area contributed by atoms with Crippen LogP contribution in [0.3, 0.4) is 0 Å². The van der Waals surface area contributed by atoms with Crippen molar-refractivity contribution in [2.45, 2.75) is 25.0 Å². The van der Waals surface area contributed by atoms with Gasteiger partial charge in [-0.05, 0) is 29.7 Å². The van der Waals surface area contributed by atoms with Crippen LogP contribution >= 0.6 is 7.75 Å². The Labute approximate surface area is 144 Å². The fraction of sp³-hybridized carbons (Fsp3) is 0.312. The summed E-state index contributed by atoms with van der Waals surface area (Å²) in [7, 11) is -4.82. The topological polar surface area (TPSA) is 151 Å². The number of phenols is 1. The van der Waals surface area contributed by atoms with Crippen LogP contribution in [-0.2, 0) is 4.57 Å². The summed E-state index contributed by atoms with van der Waals surface area (Å²) >= 11 is 0. The molecule has 0 amide bonds. The summed E-state index contributed by atoms with van der Waals surface area (Å²) in [6, 6.07) is 6.24. The van der Waals surface area contributed by atoms with E-state index >= 15 is 0 Å². The van der Waals surface area contributed by atoms with Crippen molar-refractivity contribution in [3.63, 3.8) is 0 Å². The lowest BCUT2D eigenvalue weighted by molar-refractivity contribution is -0.181. The Bertz CT molecular complexity index is 761. The Hall–Kier alpha value is -1.96. The fourth-order valence-corrected chi connectivity index (χ4v) is 3.20. The minimum Gasteiger partial charge on any atom is -0.508 e. The zero-order chi connectivity index (χ0) is 18.8. The van der Waals surface area contributed by atoms with Gasteiger partial charge >= 0.3 is 7.75 Å². The molecule has 0 spiro atoms. The van der Waals surface area contributed by atoms with Crippen LogP contribution in [0.25, 0.3) is 0 Å². The lowest BCUT2D eigenvalue weighted by Gasteiger charge is -2.33. The third-order valence-corrected chi connectivity index (χ3v) is 4.38. The maximum absolute atomic E-state index is 11.1. The van der Waals surface area contributed by atoms with Gasteiger partial charge in [-0.1, -0.05) is 25.1 Å². The predicted molar refractivity (Wildman–Crippen MR) is 91.1 cm³/mol. The normalized spacial score (nSPS) is 21.2. The van der Waals surface area contributed by atoms with E-state index in [4.69, 9.17) is 9.79 Å². The molecular formula is C16H20NO7P. The number of rotatable bonds is 5. The van der Waals surface area contributed by atoms with Gasteiger partial charge in [0.1, 0.15) is 11.5 Å². The SMILES string of the molecule is CC(CC(O)(O)C1C=CC(O)=C/C1=N\P(=O)(O)O)c1ccc(O)cc1. The lowest BCUT2D eigenvalue weighted by atomic mass is 9.82. The van der Waals surface area contributed by atoms with Crippen molar-refractivity contribution in [2.75, 3.05) is 0 Å².